The zero-order valence-electron chi connectivity index (χ0n) is 20.8. The Morgan fingerprint density at radius 1 is 0.659 bits per heavy atom. The molecule has 0 bridgehead atoms. The van der Waals surface area contributed by atoms with Crippen molar-refractivity contribution >= 4 is 91.5 Å². The fourth-order valence-corrected chi connectivity index (χ4v) is 5.34. The molecule has 0 aromatic heterocycles. The number of hydrogen-bond acceptors (Lipinski definition) is 6. The molecule has 8 nitrogen and oxygen atoms in total. The Balaban J connectivity index is 1.36. The largest absolute Gasteiger partial charge is 0.506 e. The molecule has 4 N–H and O–H groups in total. The SMILES string of the molecule is O=S(=O)(c1ccc(NC(=S)/N=C/c2ccc(O)c(Cl)c2)cc1)c1ccc(NC(=S)/N=C/c2ccc(O)c(Cl)c2)cc1. The van der Waals surface area contributed by atoms with E-state index in [0.717, 1.165) is 0 Å². The molecule has 0 heterocycles. The van der Waals surface area contributed by atoms with Crippen LogP contribution in [0.5, 0.6) is 11.5 Å². The van der Waals surface area contributed by atoms with Crippen molar-refractivity contribution < 1.29 is 18.6 Å². The first kappa shape index (κ1) is 30.1. The van der Waals surface area contributed by atoms with Gasteiger partial charge in [0, 0.05) is 23.8 Å². The highest BCUT2D eigenvalue weighted by molar-refractivity contribution is 7.91. The fourth-order valence-electron chi connectivity index (χ4n) is 3.36. The number of halogens is 2. The number of nitrogens with one attached hydrogen (secondary N) is 2. The van der Waals surface area contributed by atoms with Gasteiger partial charge in [0.2, 0.25) is 9.84 Å². The van der Waals surface area contributed by atoms with Crippen molar-refractivity contribution in [2.75, 3.05) is 10.6 Å². The number of hydrogen-bond donors (Lipinski definition) is 4. The molecule has 0 unspecified atom stereocenters. The summed E-state index contributed by atoms with van der Waals surface area (Å²) in [5.74, 6) is -0.0637. The van der Waals surface area contributed by atoms with Gasteiger partial charge in [0.15, 0.2) is 10.2 Å². The van der Waals surface area contributed by atoms with E-state index in [1.165, 1.54) is 48.8 Å². The number of benzene rings is 4. The van der Waals surface area contributed by atoms with E-state index >= 15 is 0 Å². The molecule has 0 atom stereocenters. The lowest BCUT2D eigenvalue weighted by molar-refractivity contribution is 0.475. The van der Waals surface area contributed by atoms with Gasteiger partial charge in [-0.05, 0) is 120 Å². The van der Waals surface area contributed by atoms with Crippen molar-refractivity contribution in [2.45, 2.75) is 9.79 Å². The number of aliphatic imine (C=N–C) groups is 2. The second-order valence-electron chi connectivity index (χ2n) is 8.35. The molecular formula is C28H20Cl2N4O4S3. The minimum absolute atomic E-state index is 0.0319. The number of rotatable bonds is 6. The van der Waals surface area contributed by atoms with E-state index in [0.29, 0.717) is 22.5 Å². The Morgan fingerprint density at radius 2 is 1.02 bits per heavy atom. The number of anilines is 2. The third kappa shape index (κ3) is 8.09. The van der Waals surface area contributed by atoms with Crippen molar-refractivity contribution in [2.24, 2.45) is 9.98 Å². The first-order chi connectivity index (χ1) is 19.5. The summed E-state index contributed by atoms with van der Waals surface area (Å²) in [6, 6.07) is 21.5. The lowest BCUT2D eigenvalue weighted by atomic mass is 10.2. The van der Waals surface area contributed by atoms with Gasteiger partial charge in [0.1, 0.15) is 11.5 Å². The molecule has 13 heteroatoms. The van der Waals surface area contributed by atoms with Crippen LogP contribution >= 0.6 is 47.6 Å². The van der Waals surface area contributed by atoms with Crippen LogP contribution in [0.25, 0.3) is 0 Å². The molecule has 0 fully saturated rings. The van der Waals surface area contributed by atoms with Crippen LogP contribution < -0.4 is 10.6 Å². The second kappa shape index (κ2) is 13.2. The maximum atomic E-state index is 13.1. The van der Waals surface area contributed by atoms with Crippen LogP contribution in [0.15, 0.2) is 105 Å². The maximum Gasteiger partial charge on any atom is 0.206 e. The van der Waals surface area contributed by atoms with E-state index in [1.807, 2.05) is 0 Å². The Kier molecular flexibility index (Phi) is 9.69. The van der Waals surface area contributed by atoms with Gasteiger partial charge in [-0.15, -0.1) is 0 Å². The number of thiocarbonyl (C=S) groups is 2. The van der Waals surface area contributed by atoms with E-state index < -0.39 is 9.84 Å². The predicted molar refractivity (Wildman–Crippen MR) is 172 cm³/mol. The topological polar surface area (TPSA) is 123 Å². The van der Waals surface area contributed by atoms with Crippen LogP contribution in [-0.2, 0) is 9.84 Å². The average molecular weight is 644 g/mol. The van der Waals surface area contributed by atoms with Crippen LogP contribution in [0, 0.1) is 0 Å². The summed E-state index contributed by atoms with van der Waals surface area (Å²) in [4.78, 5) is 8.48. The van der Waals surface area contributed by atoms with Gasteiger partial charge < -0.3 is 20.8 Å². The van der Waals surface area contributed by atoms with Crippen LogP contribution in [-0.4, -0.2) is 41.3 Å². The highest BCUT2D eigenvalue weighted by Crippen LogP contribution is 2.25. The zero-order valence-corrected chi connectivity index (χ0v) is 24.8. The van der Waals surface area contributed by atoms with E-state index in [1.54, 1.807) is 48.5 Å². The van der Waals surface area contributed by atoms with Gasteiger partial charge in [0.05, 0.1) is 19.8 Å². The van der Waals surface area contributed by atoms with E-state index in [-0.39, 0.29) is 41.6 Å². The molecule has 0 aliphatic carbocycles. The Labute approximate surface area is 256 Å². The Hall–Kier alpha value is -3.87. The maximum absolute atomic E-state index is 13.1. The minimum Gasteiger partial charge on any atom is -0.506 e. The summed E-state index contributed by atoms with van der Waals surface area (Å²) in [6.45, 7) is 0. The fraction of sp³-hybridized carbons (Fsp3) is 0. The molecule has 4 aromatic carbocycles. The molecule has 0 amide bonds. The van der Waals surface area contributed by atoms with Gasteiger partial charge in [-0.2, -0.15) is 0 Å². The molecule has 0 aliphatic heterocycles. The lowest BCUT2D eigenvalue weighted by Crippen LogP contribution is -2.08. The van der Waals surface area contributed by atoms with Gasteiger partial charge in [-0.25, -0.2) is 18.4 Å². The third-order valence-corrected chi connectivity index (χ3v) is 8.24. The van der Waals surface area contributed by atoms with E-state index in [9.17, 15) is 18.6 Å². The second-order valence-corrected chi connectivity index (χ2v) is 11.9. The highest BCUT2D eigenvalue weighted by atomic mass is 35.5. The van der Waals surface area contributed by atoms with E-state index in [2.05, 4.69) is 20.6 Å². The third-order valence-electron chi connectivity index (χ3n) is 5.44. The highest BCUT2D eigenvalue weighted by Gasteiger charge is 2.17. The molecule has 0 saturated heterocycles. The molecule has 0 saturated carbocycles. The number of phenols is 2. The van der Waals surface area contributed by atoms with Crippen molar-refractivity contribution in [1.29, 1.82) is 0 Å². The van der Waals surface area contributed by atoms with E-state index in [4.69, 9.17) is 47.6 Å². The molecule has 4 aromatic rings. The van der Waals surface area contributed by atoms with Crippen LogP contribution in [0.4, 0.5) is 11.4 Å². The summed E-state index contributed by atoms with van der Waals surface area (Å²) in [5, 5.41) is 25.5. The summed E-state index contributed by atoms with van der Waals surface area (Å²) in [7, 11) is -3.78. The van der Waals surface area contributed by atoms with Crippen molar-refractivity contribution in [1.82, 2.24) is 0 Å². The molecule has 0 radical (unpaired) electrons. The molecule has 0 aliphatic rings. The number of aromatic hydroxyl groups is 2. The van der Waals surface area contributed by atoms with Crippen LogP contribution in [0.2, 0.25) is 10.0 Å². The summed E-state index contributed by atoms with van der Waals surface area (Å²) < 4.78 is 26.3. The smallest absolute Gasteiger partial charge is 0.206 e. The monoisotopic (exact) mass is 642 g/mol. The van der Waals surface area contributed by atoms with Crippen molar-refractivity contribution in [3.63, 3.8) is 0 Å². The van der Waals surface area contributed by atoms with Crippen molar-refractivity contribution in [3.8, 4) is 11.5 Å². The quantitative estimate of drug-likeness (QED) is 0.133. The molecule has 4 rings (SSSR count). The molecule has 208 valence electrons. The number of phenolic OH excluding ortho intramolecular Hbond substituents is 2. The summed E-state index contributed by atoms with van der Waals surface area (Å²) in [6.07, 6.45) is 2.98. The first-order valence-electron chi connectivity index (χ1n) is 11.6. The van der Waals surface area contributed by atoms with Crippen LogP contribution in [0.3, 0.4) is 0 Å². The molecule has 41 heavy (non-hydrogen) atoms. The Bertz CT molecular complexity index is 1650. The van der Waals surface area contributed by atoms with Crippen molar-refractivity contribution in [3.05, 3.63) is 106 Å². The number of sulfone groups is 1. The summed E-state index contributed by atoms with van der Waals surface area (Å²) >= 11 is 22.2. The van der Waals surface area contributed by atoms with Gasteiger partial charge in [-0.1, -0.05) is 23.2 Å². The Morgan fingerprint density at radius 3 is 1.37 bits per heavy atom. The normalized spacial score (nSPS) is 11.6. The van der Waals surface area contributed by atoms with Gasteiger partial charge in [-0.3, -0.25) is 0 Å². The zero-order chi connectivity index (χ0) is 29.6. The van der Waals surface area contributed by atoms with Gasteiger partial charge in [0.25, 0.3) is 0 Å². The lowest BCUT2D eigenvalue weighted by Gasteiger charge is -2.09. The predicted octanol–water partition coefficient (Wildman–Crippen LogP) is 6.87. The average Bonchev–Trinajstić information content (AvgIpc) is 2.95. The summed E-state index contributed by atoms with van der Waals surface area (Å²) in [5.41, 5.74) is 2.40. The molecule has 0 spiro atoms. The van der Waals surface area contributed by atoms with Crippen LogP contribution in [0.1, 0.15) is 11.1 Å². The minimum atomic E-state index is -3.78. The molecular weight excluding hydrogens is 623 g/mol. The number of nitrogens with zero attached hydrogens (tertiary/aromatic N) is 2. The van der Waals surface area contributed by atoms with Gasteiger partial charge >= 0.3 is 0 Å². The standard InChI is InChI=1S/C28H20Cl2N4O4S3/c29-23-13-17(1-11-25(23)35)15-31-27(39)33-19-3-7-21(8-4-19)41(37,38)22-9-5-20(6-10-22)34-28(40)32-16-18-2-12-26(36)24(30)14-18/h1-16,35-36H,(H,33,39)(H,34,40)/b31-15+,32-16+. The first-order valence-corrected chi connectivity index (χ1v) is 14.7.